The summed E-state index contributed by atoms with van der Waals surface area (Å²) in [6.07, 6.45) is 0.976. The van der Waals surface area contributed by atoms with Gasteiger partial charge in [0.25, 0.3) is 0 Å². The van der Waals surface area contributed by atoms with Gasteiger partial charge in [0.05, 0.1) is 12.6 Å². The van der Waals surface area contributed by atoms with Crippen molar-refractivity contribution < 1.29 is 9.15 Å². The van der Waals surface area contributed by atoms with Gasteiger partial charge in [-0.25, -0.2) is 0 Å². The van der Waals surface area contributed by atoms with Crippen molar-refractivity contribution >= 4 is 0 Å². The molecule has 1 aromatic heterocycles. The van der Waals surface area contributed by atoms with E-state index in [-0.39, 0.29) is 6.04 Å². The highest BCUT2D eigenvalue weighted by molar-refractivity contribution is 5.39. The molecule has 2 N–H and O–H groups in total. The second-order valence-electron chi connectivity index (χ2n) is 4.31. The monoisotopic (exact) mass is 245 g/mol. The SMILES string of the molecule is CCCOc1ccccc1C(N)c1ccc(C)o1. The molecular formula is C15H19NO2. The van der Waals surface area contributed by atoms with Gasteiger partial charge in [-0.05, 0) is 31.5 Å². The molecule has 0 saturated carbocycles. The first kappa shape index (κ1) is 12.7. The first-order valence-corrected chi connectivity index (χ1v) is 6.26. The van der Waals surface area contributed by atoms with Crippen molar-refractivity contribution in [1.82, 2.24) is 0 Å². The molecule has 18 heavy (non-hydrogen) atoms. The molecule has 1 atom stereocenters. The van der Waals surface area contributed by atoms with Crippen LogP contribution in [0.2, 0.25) is 0 Å². The summed E-state index contributed by atoms with van der Waals surface area (Å²) in [6, 6.07) is 11.4. The Morgan fingerprint density at radius 2 is 2.00 bits per heavy atom. The highest BCUT2D eigenvalue weighted by Crippen LogP contribution is 2.29. The molecule has 0 spiro atoms. The van der Waals surface area contributed by atoms with Gasteiger partial charge >= 0.3 is 0 Å². The fourth-order valence-electron chi connectivity index (χ4n) is 1.85. The lowest BCUT2D eigenvalue weighted by atomic mass is 10.0. The van der Waals surface area contributed by atoms with Gasteiger partial charge in [0.2, 0.25) is 0 Å². The topological polar surface area (TPSA) is 48.4 Å². The number of hydrogen-bond donors (Lipinski definition) is 1. The molecule has 3 nitrogen and oxygen atoms in total. The number of furan rings is 1. The third-order valence-corrected chi connectivity index (χ3v) is 2.78. The number of rotatable bonds is 5. The zero-order chi connectivity index (χ0) is 13.0. The average Bonchev–Trinajstić information content (AvgIpc) is 2.82. The van der Waals surface area contributed by atoms with Crippen LogP contribution in [0.1, 0.15) is 36.5 Å². The van der Waals surface area contributed by atoms with Gasteiger partial charge in [0.15, 0.2) is 0 Å². The molecule has 3 heteroatoms. The lowest BCUT2D eigenvalue weighted by Gasteiger charge is -2.15. The van der Waals surface area contributed by atoms with Crippen molar-refractivity contribution in [3.05, 3.63) is 53.5 Å². The van der Waals surface area contributed by atoms with Gasteiger partial charge in [-0.15, -0.1) is 0 Å². The minimum atomic E-state index is -0.285. The van der Waals surface area contributed by atoms with Crippen molar-refractivity contribution in [2.45, 2.75) is 26.3 Å². The number of ether oxygens (including phenoxy) is 1. The Morgan fingerprint density at radius 1 is 1.22 bits per heavy atom. The highest BCUT2D eigenvalue weighted by atomic mass is 16.5. The summed E-state index contributed by atoms with van der Waals surface area (Å²) in [5, 5.41) is 0. The van der Waals surface area contributed by atoms with Gasteiger partial charge in [0, 0.05) is 5.56 Å². The third kappa shape index (κ3) is 2.74. The highest BCUT2D eigenvalue weighted by Gasteiger charge is 2.16. The molecule has 0 saturated heterocycles. The van der Waals surface area contributed by atoms with Gasteiger partial charge in [-0.3, -0.25) is 0 Å². The Hall–Kier alpha value is -1.74. The molecule has 0 aliphatic rings. The van der Waals surface area contributed by atoms with Gasteiger partial charge in [-0.2, -0.15) is 0 Å². The maximum absolute atomic E-state index is 6.23. The molecule has 0 aliphatic heterocycles. The van der Waals surface area contributed by atoms with Gasteiger partial charge in [0.1, 0.15) is 17.3 Å². The summed E-state index contributed by atoms with van der Waals surface area (Å²) in [7, 11) is 0. The molecule has 96 valence electrons. The van der Waals surface area contributed by atoms with Crippen LogP contribution in [0, 0.1) is 6.92 Å². The van der Waals surface area contributed by atoms with E-state index in [9.17, 15) is 0 Å². The van der Waals surface area contributed by atoms with E-state index in [0.29, 0.717) is 6.61 Å². The van der Waals surface area contributed by atoms with E-state index in [1.165, 1.54) is 0 Å². The van der Waals surface area contributed by atoms with E-state index >= 15 is 0 Å². The second-order valence-corrected chi connectivity index (χ2v) is 4.31. The maximum atomic E-state index is 6.23. The summed E-state index contributed by atoms with van der Waals surface area (Å²) in [4.78, 5) is 0. The molecule has 1 heterocycles. The van der Waals surface area contributed by atoms with E-state index in [1.54, 1.807) is 0 Å². The fourth-order valence-corrected chi connectivity index (χ4v) is 1.85. The predicted molar refractivity (Wildman–Crippen MR) is 71.7 cm³/mol. The fraction of sp³-hybridized carbons (Fsp3) is 0.333. The van der Waals surface area contributed by atoms with Crippen LogP contribution in [0.4, 0.5) is 0 Å². The van der Waals surface area contributed by atoms with Crippen LogP contribution < -0.4 is 10.5 Å². The molecule has 1 aromatic carbocycles. The Balaban J connectivity index is 2.26. The molecule has 1 unspecified atom stereocenters. The average molecular weight is 245 g/mol. The quantitative estimate of drug-likeness (QED) is 0.878. The van der Waals surface area contributed by atoms with Crippen LogP contribution in [0.3, 0.4) is 0 Å². The molecule has 0 bridgehead atoms. The summed E-state index contributed by atoms with van der Waals surface area (Å²) >= 11 is 0. The molecule has 0 radical (unpaired) electrons. The first-order chi connectivity index (χ1) is 8.72. The van der Waals surface area contributed by atoms with Gasteiger partial charge < -0.3 is 14.9 Å². The molecule has 0 aliphatic carbocycles. The van der Waals surface area contributed by atoms with E-state index in [1.807, 2.05) is 43.3 Å². The summed E-state index contributed by atoms with van der Waals surface area (Å²) in [5.41, 5.74) is 7.19. The van der Waals surface area contributed by atoms with Crippen LogP contribution >= 0.6 is 0 Å². The molecule has 2 rings (SSSR count). The van der Waals surface area contributed by atoms with E-state index < -0.39 is 0 Å². The number of para-hydroxylation sites is 1. The minimum absolute atomic E-state index is 0.285. The second kappa shape index (κ2) is 5.74. The molecular weight excluding hydrogens is 226 g/mol. The van der Waals surface area contributed by atoms with Crippen molar-refractivity contribution in [1.29, 1.82) is 0 Å². The predicted octanol–water partition coefficient (Wildman–Crippen LogP) is 3.42. The van der Waals surface area contributed by atoms with E-state index in [0.717, 1.165) is 29.3 Å². The summed E-state index contributed by atoms with van der Waals surface area (Å²) in [6.45, 7) is 4.69. The van der Waals surface area contributed by atoms with E-state index in [4.69, 9.17) is 14.9 Å². The van der Waals surface area contributed by atoms with Gasteiger partial charge in [-0.1, -0.05) is 25.1 Å². The third-order valence-electron chi connectivity index (χ3n) is 2.78. The number of nitrogens with two attached hydrogens (primary N) is 1. The Bertz CT molecular complexity index is 505. The number of aryl methyl sites for hydroxylation is 1. The standard InChI is InChI=1S/C15H19NO2/c1-3-10-17-13-7-5-4-6-12(13)15(16)14-9-8-11(2)18-14/h4-9,15H,3,10,16H2,1-2H3. The Morgan fingerprint density at radius 3 is 2.67 bits per heavy atom. The molecule has 2 aromatic rings. The van der Waals surface area contributed by atoms with Crippen molar-refractivity contribution in [3.63, 3.8) is 0 Å². The Kier molecular flexibility index (Phi) is 4.05. The van der Waals surface area contributed by atoms with E-state index in [2.05, 4.69) is 6.92 Å². The lowest BCUT2D eigenvalue weighted by Crippen LogP contribution is -2.13. The zero-order valence-electron chi connectivity index (χ0n) is 10.8. The van der Waals surface area contributed by atoms with Crippen molar-refractivity contribution in [3.8, 4) is 5.75 Å². The number of benzene rings is 1. The maximum Gasteiger partial charge on any atom is 0.125 e. The van der Waals surface area contributed by atoms with Crippen LogP contribution in [0.25, 0.3) is 0 Å². The largest absolute Gasteiger partial charge is 0.493 e. The molecule has 0 fully saturated rings. The number of hydrogen-bond acceptors (Lipinski definition) is 3. The lowest BCUT2D eigenvalue weighted by molar-refractivity contribution is 0.312. The zero-order valence-corrected chi connectivity index (χ0v) is 10.8. The summed E-state index contributed by atoms with van der Waals surface area (Å²) < 4.78 is 11.3. The smallest absolute Gasteiger partial charge is 0.125 e. The van der Waals surface area contributed by atoms with Crippen LogP contribution in [0.15, 0.2) is 40.8 Å². The summed E-state index contributed by atoms with van der Waals surface area (Å²) in [5.74, 6) is 2.47. The normalized spacial score (nSPS) is 12.4. The van der Waals surface area contributed by atoms with Crippen molar-refractivity contribution in [2.75, 3.05) is 6.61 Å². The van der Waals surface area contributed by atoms with Crippen LogP contribution in [-0.2, 0) is 0 Å². The first-order valence-electron chi connectivity index (χ1n) is 6.26. The van der Waals surface area contributed by atoms with Crippen LogP contribution in [0.5, 0.6) is 5.75 Å². The Labute approximate surface area is 108 Å². The van der Waals surface area contributed by atoms with Crippen molar-refractivity contribution in [2.24, 2.45) is 5.73 Å². The molecule has 0 amide bonds. The minimum Gasteiger partial charge on any atom is -0.493 e. The van der Waals surface area contributed by atoms with Crippen LogP contribution in [-0.4, -0.2) is 6.61 Å².